The van der Waals surface area contributed by atoms with E-state index in [0.717, 1.165) is 45.4 Å². The Hall–Kier alpha value is -1.40. The number of likely N-dealkylation sites (tertiary alicyclic amines) is 1. The van der Waals surface area contributed by atoms with Gasteiger partial charge in [-0.25, -0.2) is 0 Å². The lowest BCUT2D eigenvalue weighted by Crippen LogP contribution is -2.46. The molecular weight excluding hydrogens is 290 g/mol. The minimum Gasteiger partial charge on any atom is -0.348 e. The third kappa shape index (κ3) is 4.12. The van der Waals surface area contributed by atoms with Crippen LogP contribution in [0.3, 0.4) is 0 Å². The average molecular weight is 319 g/mol. The van der Waals surface area contributed by atoms with Crippen LogP contribution in [0.5, 0.6) is 0 Å². The monoisotopic (exact) mass is 319 g/mol. The van der Waals surface area contributed by atoms with Crippen molar-refractivity contribution >= 4 is 5.91 Å². The summed E-state index contributed by atoms with van der Waals surface area (Å²) >= 11 is 0. The molecule has 2 N–H and O–H groups in total. The van der Waals surface area contributed by atoms with E-state index in [0.29, 0.717) is 17.8 Å². The number of nitrogens with one attached hydrogen (secondary N) is 2. The molecule has 1 aromatic rings. The summed E-state index contributed by atoms with van der Waals surface area (Å²) in [6, 6.07) is 3.08. The molecule has 23 heavy (non-hydrogen) atoms. The summed E-state index contributed by atoms with van der Waals surface area (Å²) in [7, 11) is 0. The predicted octanol–water partition coefficient (Wildman–Crippen LogP) is 1.41. The number of hydrogen-bond donors (Lipinski definition) is 2. The van der Waals surface area contributed by atoms with Crippen molar-refractivity contribution in [2.75, 3.05) is 26.2 Å². The van der Waals surface area contributed by atoms with Gasteiger partial charge in [-0.3, -0.25) is 9.48 Å². The molecule has 6 heteroatoms. The first-order valence-electron chi connectivity index (χ1n) is 8.94. The van der Waals surface area contributed by atoms with Gasteiger partial charge in [-0.05, 0) is 52.1 Å². The summed E-state index contributed by atoms with van der Waals surface area (Å²) in [5.41, 5.74) is 0.543. The molecule has 2 saturated heterocycles. The Morgan fingerprint density at radius 2 is 2.13 bits per heavy atom. The number of amides is 1. The highest BCUT2D eigenvalue weighted by Crippen LogP contribution is 2.16. The number of carbonyl (C=O) groups excluding carboxylic acids is 1. The van der Waals surface area contributed by atoms with Gasteiger partial charge in [-0.1, -0.05) is 0 Å². The zero-order valence-corrected chi connectivity index (χ0v) is 14.3. The lowest BCUT2D eigenvalue weighted by atomic mass is 10.0. The fourth-order valence-electron chi connectivity index (χ4n) is 3.54. The Morgan fingerprint density at radius 1 is 1.35 bits per heavy atom. The molecule has 2 fully saturated rings. The van der Waals surface area contributed by atoms with Crippen LogP contribution in [-0.2, 0) is 0 Å². The van der Waals surface area contributed by atoms with E-state index in [1.165, 1.54) is 6.42 Å². The highest BCUT2D eigenvalue weighted by atomic mass is 16.2. The summed E-state index contributed by atoms with van der Waals surface area (Å²) < 4.78 is 1.95. The van der Waals surface area contributed by atoms with Crippen LogP contribution in [0.15, 0.2) is 12.3 Å². The van der Waals surface area contributed by atoms with Gasteiger partial charge in [-0.15, -0.1) is 0 Å². The summed E-state index contributed by atoms with van der Waals surface area (Å²) in [4.78, 5) is 14.9. The van der Waals surface area contributed by atoms with Gasteiger partial charge in [0.2, 0.25) is 0 Å². The van der Waals surface area contributed by atoms with Crippen molar-refractivity contribution in [1.29, 1.82) is 0 Å². The molecule has 6 nitrogen and oxygen atoms in total. The van der Waals surface area contributed by atoms with Crippen LogP contribution < -0.4 is 10.6 Å². The summed E-state index contributed by atoms with van der Waals surface area (Å²) in [6.45, 7) is 8.60. The second-order valence-corrected chi connectivity index (χ2v) is 7.06. The van der Waals surface area contributed by atoms with Crippen LogP contribution in [0.1, 0.15) is 56.1 Å². The van der Waals surface area contributed by atoms with E-state index >= 15 is 0 Å². The SMILES string of the molecule is CC(C)N1CCC(NC(=O)c2ccn(C3CCCNC3)n2)CC1. The van der Waals surface area contributed by atoms with Crippen LogP contribution >= 0.6 is 0 Å². The Balaban J connectivity index is 1.52. The van der Waals surface area contributed by atoms with E-state index < -0.39 is 0 Å². The first-order valence-corrected chi connectivity index (χ1v) is 8.94. The highest BCUT2D eigenvalue weighted by Gasteiger charge is 2.23. The van der Waals surface area contributed by atoms with Crippen molar-refractivity contribution in [3.05, 3.63) is 18.0 Å². The molecule has 3 heterocycles. The van der Waals surface area contributed by atoms with Crippen molar-refractivity contribution in [3.8, 4) is 0 Å². The van der Waals surface area contributed by atoms with E-state index in [1.54, 1.807) is 0 Å². The van der Waals surface area contributed by atoms with Gasteiger partial charge in [0, 0.05) is 37.9 Å². The van der Waals surface area contributed by atoms with Crippen LogP contribution in [0, 0.1) is 0 Å². The maximum absolute atomic E-state index is 12.4. The topological polar surface area (TPSA) is 62.2 Å². The lowest BCUT2D eigenvalue weighted by Gasteiger charge is -2.34. The molecule has 3 rings (SSSR count). The van der Waals surface area contributed by atoms with Crippen LogP contribution in [0.25, 0.3) is 0 Å². The van der Waals surface area contributed by atoms with Crippen molar-refractivity contribution in [3.63, 3.8) is 0 Å². The maximum Gasteiger partial charge on any atom is 0.271 e. The largest absolute Gasteiger partial charge is 0.348 e. The average Bonchev–Trinajstić information content (AvgIpc) is 3.06. The second-order valence-electron chi connectivity index (χ2n) is 7.06. The van der Waals surface area contributed by atoms with Gasteiger partial charge in [0.25, 0.3) is 5.91 Å². The zero-order chi connectivity index (χ0) is 16.2. The molecule has 1 unspecified atom stereocenters. The number of carbonyl (C=O) groups is 1. The smallest absolute Gasteiger partial charge is 0.271 e. The summed E-state index contributed by atoms with van der Waals surface area (Å²) in [6.07, 6.45) is 6.28. The Bertz CT molecular complexity index is 513. The zero-order valence-electron chi connectivity index (χ0n) is 14.3. The number of aromatic nitrogens is 2. The minimum atomic E-state index is -0.0319. The maximum atomic E-state index is 12.4. The van der Waals surface area contributed by atoms with Gasteiger partial charge in [0.05, 0.1) is 6.04 Å². The van der Waals surface area contributed by atoms with Crippen LogP contribution in [0.4, 0.5) is 0 Å². The highest BCUT2D eigenvalue weighted by molar-refractivity contribution is 5.92. The molecule has 0 spiro atoms. The summed E-state index contributed by atoms with van der Waals surface area (Å²) in [5.74, 6) is -0.0319. The van der Waals surface area contributed by atoms with Gasteiger partial charge in [0.15, 0.2) is 0 Å². The number of rotatable bonds is 4. The van der Waals surface area contributed by atoms with Crippen molar-refractivity contribution in [2.24, 2.45) is 0 Å². The predicted molar refractivity (Wildman–Crippen MR) is 90.6 cm³/mol. The third-order valence-electron chi connectivity index (χ3n) is 5.08. The Morgan fingerprint density at radius 3 is 2.78 bits per heavy atom. The molecule has 1 aromatic heterocycles. The van der Waals surface area contributed by atoms with Crippen molar-refractivity contribution in [1.82, 2.24) is 25.3 Å². The third-order valence-corrected chi connectivity index (χ3v) is 5.08. The van der Waals surface area contributed by atoms with E-state index in [1.807, 2.05) is 16.9 Å². The molecule has 0 bridgehead atoms. The standard InChI is InChI=1S/C17H29N5O/c1-13(2)21-9-5-14(6-10-21)19-17(23)16-7-11-22(20-16)15-4-3-8-18-12-15/h7,11,13-15,18H,3-6,8-10,12H2,1-2H3,(H,19,23). The quantitative estimate of drug-likeness (QED) is 0.881. The molecular formula is C17H29N5O. The van der Waals surface area contributed by atoms with Gasteiger partial charge < -0.3 is 15.5 Å². The molecule has 0 aliphatic carbocycles. The first-order chi connectivity index (χ1) is 11.1. The number of piperidine rings is 2. The van der Waals surface area contributed by atoms with E-state index in [-0.39, 0.29) is 11.9 Å². The Labute approximate surface area is 138 Å². The minimum absolute atomic E-state index is 0.0319. The molecule has 0 radical (unpaired) electrons. The number of hydrogen-bond acceptors (Lipinski definition) is 4. The van der Waals surface area contributed by atoms with E-state index in [4.69, 9.17) is 0 Å². The number of nitrogens with zero attached hydrogens (tertiary/aromatic N) is 3. The summed E-state index contributed by atoms with van der Waals surface area (Å²) in [5, 5.41) is 11.0. The van der Waals surface area contributed by atoms with Gasteiger partial charge >= 0.3 is 0 Å². The molecule has 128 valence electrons. The van der Waals surface area contributed by atoms with Gasteiger partial charge in [0.1, 0.15) is 5.69 Å². The molecule has 1 atom stereocenters. The molecule has 0 saturated carbocycles. The van der Waals surface area contributed by atoms with Gasteiger partial charge in [-0.2, -0.15) is 5.10 Å². The second kappa shape index (κ2) is 7.45. The first kappa shape index (κ1) is 16.5. The molecule has 0 aromatic carbocycles. The molecule has 1 amide bonds. The normalized spacial score (nSPS) is 24.0. The lowest BCUT2D eigenvalue weighted by molar-refractivity contribution is 0.0894. The fourth-order valence-corrected chi connectivity index (χ4v) is 3.54. The van der Waals surface area contributed by atoms with Crippen LogP contribution in [0.2, 0.25) is 0 Å². The van der Waals surface area contributed by atoms with Crippen LogP contribution in [-0.4, -0.2) is 58.9 Å². The fraction of sp³-hybridized carbons (Fsp3) is 0.765. The molecule has 2 aliphatic heterocycles. The van der Waals surface area contributed by atoms with Crippen molar-refractivity contribution in [2.45, 2.75) is 57.7 Å². The van der Waals surface area contributed by atoms with E-state index in [9.17, 15) is 4.79 Å². The van der Waals surface area contributed by atoms with Crippen molar-refractivity contribution < 1.29 is 4.79 Å². The molecule has 2 aliphatic rings. The Kier molecular flexibility index (Phi) is 5.33. The van der Waals surface area contributed by atoms with E-state index in [2.05, 4.69) is 34.5 Å².